The van der Waals surface area contributed by atoms with E-state index in [0.717, 1.165) is 130 Å². The van der Waals surface area contributed by atoms with Gasteiger partial charge in [0.2, 0.25) is 5.91 Å². The Morgan fingerprint density at radius 3 is 1.54 bits per heavy atom. The molecule has 7 nitrogen and oxygen atoms in total. The van der Waals surface area contributed by atoms with Gasteiger partial charge in [-0.2, -0.15) is 0 Å². The van der Waals surface area contributed by atoms with Gasteiger partial charge in [-0.05, 0) is 146 Å². The molecule has 9 rings (SSSR count). The number of benzene rings is 5. The quantitative estimate of drug-likeness (QED) is 0.0377. The van der Waals surface area contributed by atoms with Gasteiger partial charge in [0, 0.05) is 84.0 Å². The van der Waals surface area contributed by atoms with Crippen LogP contribution in [0.2, 0.25) is 0 Å². The molecule has 0 aliphatic heterocycles. The van der Waals surface area contributed by atoms with Gasteiger partial charge >= 0.3 is 0 Å². The lowest BCUT2D eigenvalue weighted by Crippen LogP contribution is -2.63. The number of hydrogen-bond donors (Lipinski definition) is 0. The first-order valence-corrected chi connectivity index (χ1v) is 33.9. The average molecular weight is 1140 g/mol. The summed E-state index contributed by atoms with van der Waals surface area (Å²) in [6.07, 6.45) is 22.1. The third-order valence-electron chi connectivity index (χ3n) is 21.3. The molecular formula is C77H109N3O4. The van der Waals surface area contributed by atoms with Gasteiger partial charge in [0.15, 0.2) is 0 Å². The van der Waals surface area contributed by atoms with Crippen molar-refractivity contribution in [2.24, 2.45) is 46.3 Å². The van der Waals surface area contributed by atoms with Crippen LogP contribution in [0.3, 0.4) is 0 Å². The average Bonchev–Trinajstić information content (AvgIpc) is 1.69. The maximum Gasteiger partial charge on any atom is 0.222 e. The Balaban J connectivity index is 0.912. The molecule has 0 bridgehead atoms. The number of rotatable bonds is 35. The van der Waals surface area contributed by atoms with E-state index in [4.69, 9.17) is 14.2 Å². The lowest BCUT2D eigenvalue weighted by Gasteiger charge is -2.65. The number of ether oxygens (including phenoxy) is 3. The summed E-state index contributed by atoms with van der Waals surface area (Å²) >= 11 is 0. The van der Waals surface area contributed by atoms with Crippen molar-refractivity contribution < 1.29 is 19.0 Å². The van der Waals surface area contributed by atoms with E-state index in [9.17, 15) is 4.79 Å². The summed E-state index contributed by atoms with van der Waals surface area (Å²) in [5.41, 5.74) is 6.86. The summed E-state index contributed by atoms with van der Waals surface area (Å²) in [5, 5.41) is 0. The first kappa shape index (κ1) is 63.9. The maximum atomic E-state index is 14.6. The molecule has 7 heteroatoms. The van der Waals surface area contributed by atoms with Crippen molar-refractivity contribution in [3.8, 4) is 0 Å². The summed E-state index contributed by atoms with van der Waals surface area (Å²) in [4.78, 5) is 22.0. The predicted octanol–water partition coefficient (Wildman–Crippen LogP) is 17.8. The molecule has 4 aliphatic rings. The monoisotopic (exact) mass is 1140 g/mol. The largest absolute Gasteiger partial charge is 0.378 e. The minimum Gasteiger partial charge on any atom is -0.378 e. The molecule has 4 fully saturated rings. The van der Waals surface area contributed by atoms with Gasteiger partial charge in [-0.3, -0.25) is 14.6 Å². The second kappa shape index (κ2) is 32.9. The van der Waals surface area contributed by atoms with Crippen molar-refractivity contribution >= 4 is 5.91 Å². The van der Waals surface area contributed by atoms with Crippen molar-refractivity contribution in [2.75, 3.05) is 39.5 Å². The topological polar surface area (TPSA) is 54.5 Å². The highest BCUT2D eigenvalue weighted by Crippen LogP contribution is 2.69. The molecule has 0 heterocycles. The highest BCUT2D eigenvalue weighted by Gasteiger charge is 2.66. The molecule has 0 aromatic heterocycles. The van der Waals surface area contributed by atoms with Crippen molar-refractivity contribution in [1.82, 2.24) is 14.7 Å². The molecule has 11 atom stereocenters. The highest BCUT2D eigenvalue weighted by molar-refractivity contribution is 5.76. The summed E-state index contributed by atoms with van der Waals surface area (Å²) < 4.78 is 22.0. The van der Waals surface area contributed by atoms with Crippen molar-refractivity contribution in [2.45, 2.75) is 208 Å². The van der Waals surface area contributed by atoms with Crippen LogP contribution in [0, 0.1) is 46.3 Å². The molecular weight excluding hydrogens is 1030 g/mol. The van der Waals surface area contributed by atoms with Crippen LogP contribution in [0.1, 0.15) is 184 Å². The van der Waals surface area contributed by atoms with Crippen LogP contribution >= 0.6 is 0 Å². The van der Waals surface area contributed by atoms with E-state index < -0.39 is 0 Å². The number of hydrogen-bond acceptors (Lipinski definition) is 6. The minimum absolute atomic E-state index is 0.00953. The van der Waals surface area contributed by atoms with Crippen LogP contribution in [-0.2, 0) is 51.7 Å². The Bertz CT molecular complexity index is 2520. The lowest BCUT2D eigenvalue weighted by atomic mass is 9.43. The van der Waals surface area contributed by atoms with E-state index in [1.54, 1.807) is 0 Å². The zero-order chi connectivity index (χ0) is 58.4. The fourth-order valence-electron chi connectivity index (χ4n) is 16.8. The summed E-state index contributed by atoms with van der Waals surface area (Å²) in [7, 11) is 0. The summed E-state index contributed by atoms with van der Waals surface area (Å²) in [6.45, 7) is 22.2. The van der Waals surface area contributed by atoms with E-state index in [1.165, 1.54) is 79.2 Å². The molecule has 0 spiro atoms. The Labute approximate surface area is 510 Å². The molecule has 0 saturated heterocycles. The van der Waals surface area contributed by atoms with Crippen LogP contribution in [0.5, 0.6) is 0 Å². The van der Waals surface area contributed by atoms with Crippen LogP contribution in [-0.4, -0.2) is 78.4 Å². The van der Waals surface area contributed by atoms with Crippen LogP contribution in [0.25, 0.3) is 0 Å². The molecule has 5 aromatic rings. The van der Waals surface area contributed by atoms with Crippen LogP contribution < -0.4 is 0 Å². The minimum atomic E-state index is -0.00953. The summed E-state index contributed by atoms with van der Waals surface area (Å²) in [5.74, 6) is 3.35. The number of fused-ring (bicyclic) bond motifs is 5. The SMILES string of the molecule is CCCCCCCCN(Cc1ccccc1)C(=O)CC[C@@H](C)[C@H]1CC[C@H]2C3[C@H](OCCCC)CC4C[C@H](OCCCN(Cc5ccccc5)Cc5ccccc5)CC[C@]4(C)[C@H]3C[C@H](OCCCN(Cc3ccccc3)Cc3ccccc3)[C@]12C. The van der Waals surface area contributed by atoms with Gasteiger partial charge in [0.1, 0.15) is 0 Å². The lowest BCUT2D eigenvalue weighted by molar-refractivity contribution is -0.228. The molecule has 5 aromatic carbocycles. The number of carbonyl (C=O) groups excluding carboxylic acids is 1. The van der Waals surface area contributed by atoms with Crippen molar-refractivity contribution in [1.29, 1.82) is 0 Å². The zero-order valence-electron chi connectivity index (χ0n) is 52.8. The zero-order valence-corrected chi connectivity index (χ0v) is 52.8. The van der Waals surface area contributed by atoms with E-state index in [-0.39, 0.29) is 29.1 Å². The number of unbranched alkanes of at least 4 members (excludes halogenated alkanes) is 6. The highest BCUT2D eigenvalue weighted by atomic mass is 16.5. The third kappa shape index (κ3) is 17.5. The molecule has 0 radical (unpaired) electrons. The van der Waals surface area contributed by atoms with Gasteiger partial charge in [-0.15, -0.1) is 0 Å². The van der Waals surface area contributed by atoms with Crippen molar-refractivity contribution in [3.05, 3.63) is 179 Å². The van der Waals surface area contributed by atoms with Crippen molar-refractivity contribution in [3.63, 3.8) is 0 Å². The summed E-state index contributed by atoms with van der Waals surface area (Å²) in [6, 6.07) is 54.6. The van der Waals surface area contributed by atoms with Gasteiger partial charge in [-0.1, -0.05) is 225 Å². The fourth-order valence-corrected chi connectivity index (χ4v) is 16.8. The van der Waals surface area contributed by atoms with Gasteiger partial charge in [-0.25, -0.2) is 0 Å². The van der Waals surface area contributed by atoms with E-state index >= 15 is 0 Å². The molecule has 4 saturated carbocycles. The van der Waals surface area contributed by atoms with Crippen LogP contribution in [0.4, 0.5) is 0 Å². The molecule has 0 N–H and O–H groups in total. The molecule has 4 aliphatic carbocycles. The van der Waals surface area contributed by atoms with E-state index in [1.807, 2.05) is 0 Å². The molecule has 84 heavy (non-hydrogen) atoms. The first-order valence-electron chi connectivity index (χ1n) is 33.9. The van der Waals surface area contributed by atoms with Crippen LogP contribution in [0.15, 0.2) is 152 Å². The third-order valence-corrected chi connectivity index (χ3v) is 21.3. The number of nitrogens with zero attached hydrogens (tertiary/aromatic N) is 3. The maximum absolute atomic E-state index is 14.6. The Kier molecular flexibility index (Phi) is 25.0. The van der Waals surface area contributed by atoms with E-state index in [0.29, 0.717) is 54.4 Å². The second-order valence-corrected chi connectivity index (χ2v) is 27.1. The van der Waals surface area contributed by atoms with Gasteiger partial charge in [0.05, 0.1) is 18.3 Å². The fraction of sp³-hybridized carbons (Fsp3) is 0.597. The normalized spacial score (nSPS) is 25.9. The smallest absolute Gasteiger partial charge is 0.222 e. The molecule has 2 unspecified atom stereocenters. The molecule has 1 amide bonds. The number of amides is 1. The van der Waals surface area contributed by atoms with Gasteiger partial charge in [0.25, 0.3) is 0 Å². The Morgan fingerprint density at radius 1 is 0.512 bits per heavy atom. The van der Waals surface area contributed by atoms with E-state index in [2.05, 4.69) is 201 Å². The molecule has 456 valence electrons. The predicted molar refractivity (Wildman–Crippen MR) is 347 cm³/mol. The van der Waals surface area contributed by atoms with Gasteiger partial charge < -0.3 is 19.1 Å². The number of carbonyl (C=O) groups is 1. The first-order chi connectivity index (χ1) is 41.1. The Morgan fingerprint density at radius 2 is 1.00 bits per heavy atom. The second-order valence-electron chi connectivity index (χ2n) is 27.1. The standard InChI is InChI=1S/C77H109N3O4/c1-6-8-10-11-12-28-49-80(60-66-39-26-17-27-40-66)74(81)44-41-61(3)69-42-43-70-75-71(55-73(77(69,70)5)84-52-30-48-79(58-64-35-22-15-23-36-64)59-65-37-24-16-25-38-65)76(4)46-45-68(53-67(76)54-72(75)83-50-9-7-2)82-51-29-47-78(56-62-31-18-13-19-32-62)57-63-33-20-14-21-34-63/h13-27,31-40,61,67-73,75H,6-12,28-30,41-60H2,1-5H3/t61-,67?,68-,69-,70+,71+,72-,73+,75?,76+,77-/m1/s1. The Hall–Kier alpha value is -4.63.